The van der Waals surface area contributed by atoms with Crippen LogP contribution < -0.4 is 11.4 Å². The summed E-state index contributed by atoms with van der Waals surface area (Å²) in [6.45, 7) is 5.42. The molecule has 0 spiro atoms. The van der Waals surface area contributed by atoms with Crippen molar-refractivity contribution in [1.29, 1.82) is 0 Å². The van der Waals surface area contributed by atoms with Crippen molar-refractivity contribution in [1.82, 2.24) is 15.4 Å². The predicted molar refractivity (Wildman–Crippen MR) is 61.3 cm³/mol. The third-order valence-corrected chi connectivity index (χ3v) is 2.84. The number of carbonyl (C=O) groups is 2. The Bertz CT molecular complexity index is 272. The van der Waals surface area contributed by atoms with Crippen LogP contribution in [0.1, 0.15) is 19.8 Å². The second-order valence-electron chi connectivity index (χ2n) is 4.04. The van der Waals surface area contributed by atoms with Crippen LogP contribution in [-0.4, -0.2) is 54.4 Å². The Morgan fingerprint density at radius 3 is 2.71 bits per heavy atom. The summed E-state index contributed by atoms with van der Waals surface area (Å²) in [5.74, 6) is 4.60. The molecule has 1 heterocycles. The number of nitrogens with zero attached hydrogens (tertiary/aromatic N) is 2. The molecule has 0 aromatic rings. The molecule has 0 atom stereocenters. The zero-order valence-electron chi connectivity index (χ0n) is 10.1. The van der Waals surface area contributed by atoms with E-state index in [9.17, 15) is 9.59 Å². The summed E-state index contributed by atoms with van der Waals surface area (Å²) in [5, 5.41) is 0. The van der Waals surface area contributed by atoms with Gasteiger partial charge < -0.3 is 14.6 Å². The van der Waals surface area contributed by atoms with Gasteiger partial charge in [-0.15, -0.1) is 0 Å². The van der Waals surface area contributed by atoms with Crippen molar-refractivity contribution in [3.63, 3.8) is 0 Å². The Kier molecular flexibility index (Phi) is 5.88. The van der Waals surface area contributed by atoms with Crippen molar-refractivity contribution in [2.24, 2.45) is 5.84 Å². The van der Waals surface area contributed by atoms with Gasteiger partial charge in [0.25, 0.3) is 0 Å². The van der Waals surface area contributed by atoms with Gasteiger partial charge in [0, 0.05) is 33.1 Å². The van der Waals surface area contributed by atoms with E-state index in [-0.39, 0.29) is 11.9 Å². The van der Waals surface area contributed by atoms with Crippen molar-refractivity contribution < 1.29 is 14.4 Å². The summed E-state index contributed by atoms with van der Waals surface area (Å²) in [6.07, 6.45) is 1.23. The molecule has 0 aromatic heterocycles. The maximum absolute atomic E-state index is 11.2. The molecule has 1 rings (SSSR count). The lowest BCUT2D eigenvalue weighted by Crippen LogP contribution is -2.35. The molecule has 1 aliphatic heterocycles. The summed E-state index contributed by atoms with van der Waals surface area (Å²) in [7, 11) is 0. The van der Waals surface area contributed by atoms with Gasteiger partial charge >= 0.3 is 5.97 Å². The van der Waals surface area contributed by atoms with Gasteiger partial charge in [-0.2, -0.15) is 0 Å². The zero-order valence-corrected chi connectivity index (χ0v) is 10.1. The molecule has 1 aliphatic rings. The van der Waals surface area contributed by atoms with E-state index >= 15 is 0 Å². The zero-order chi connectivity index (χ0) is 12.7. The van der Waals surface area contributed by atoms with Gasteiger partial charge in [0.2, 0.25) is 5.91 Å². The highest BCUT2D eigenvalue weighted by Crippen LogP contribution is 2.04. The summed E-state index contributed by atoms with van der Waals surface area (Å²) < 4.78 is 0. The number of hydrogen-bond donors (Lipinski definition) is 2. The van der Waals surface area contributed by atoms with E-state index in [1.54, 1.807) is 6.92 Å². The predicted octanol–water partition coefficient (Wildman–Crippen LogP) is -1.15. The average Bonchev–Trinajstić information content (AvgIpc) is 2.52. The summed E-state index contributed by atoms with van der Waals surface area (Å²) in [6, 6.07) is 0. The molecule has 0 unspecified atom stereocenters. The van der Waals surface area contributed by atoms with E-state index < -0.39 is 0 Å². The number of hydrogen-bond acceptors (Lipinski definition) is 6. The van der Waals surface area contributed by atoms with Crippen LogP contribution in [0.5, 0.6) is 0 Å². The minimum Gasteiger partial charge on any atom is -0.356 e. The molecule has 0 radical (unpaired) electrons. The number of hydrazine groups is 1. The maximum Gasteiger partial charge on any atom is 0.327 e. The summed E-state index contributed by atoms with van der Waals surface area (Å²) in [5.41, 5.74) is 1.87. The van der Waals surface area contributed by atoms with Crippen molar-refractivity contribution in [2.75, 3.05) is 32.7 Å². The van der Waals surface area contributed by atoms with Crippen molar-refractivity contribution in [3.05, 3.63) is 0 Å². The molecular weight excluding hydrogens is 224 g/mol. The first-order valence-electron chi connectivity index (χ1n) is 5.76. The summed E-state index contributed by atoms with van der Waals surface area (Å²) >= 11 is 0. The highest BCUT2D eigenvalue weighted by atomic mass is 16.7. The number of nitrogens with one attached hydrogen (secondary N) is 1. The SMILES string of the molecule is CC(=O)N1CCCN(CCC(=O)ONN)CC1. The van der Waals surface area contributed by atoms with Crippen LogP contribution in [0, 0.1) is 0 Å². The Labute approximate surface area is 101 Å². The molecular formula is C10H20N4O3. The van der Waals surface area contributed by atoms with E-state index in [0.29, 0.717) is 13.0 Å². The van der Waals surface area contributed by atoms with Crippen LogP contribution in [0.25, 0.3) is 0 Å². The lowest BCUT2D eigenvalue weighted by molar-refractivity contribution is -0.151. The van der Waals surface area contributed by atoms with E-state index in [1.807, 2.05) is 10.5 Å². The monoisotopic (exact) mass is 244 g/mol. The molecule has 17 heavy (non-hydrogen) atoms. The lowest BCUT2D eigenvalue weighted by Gasteiger charge is -2.20. The van der Waals surface area contributed by atoms with E-state index in [4.69, 9.17) is 5.84 Å². The van der Waals surface area contributed by atoms with Crippen LogP contribution >= 0.6 is 0 Å². The smallest absolute Gasteiger partial charge is 0.327 e. The van der Waals surface area contributed by atoms with E-state index in [1.165, 1.54) is 0 Å². The van der Waals surface area contributed by atoms with Crippen molar-refractivity contribution >= 4 is 11.9 Å². The molecule has 7 nitrogen and oxygen atoms in total. The Balaban J connectivity index is 2.27. The van der Waals surface area contributed by atoms with Crippen molar-refractivity contribution in [3.8, 4) is 0 Å². The van der Waals surface area contributed by atoms with Crippen LogP contribution in [0.2, 0.25) is 0 Å². The molecule has 0 saturated carbocycles. The minimum absolute atomic E-state index is 0.110. The first kappa shape index (κ1) is 13.9. The van der Waals surface area contributed by atoms with Gasteiger partial charge in [0.05, 0.1) is 6.42 Å². The second kappa shape index (κ2) is 7.21. The molecule has 3 N–H and O–H groups in total. The van der Waals surface area contributed by atoms with Gasteiger partial charge in [-0.3, -0.25) is 9.59 Å². The third-order valence-electron chi connectivity index (χ3n) is 2.84. The molecule has 1 fully saturated rings. The summed E-state index contributed by atoms with van der Waals surface area (Å²) in [4.78, 5) is 30.7. The quantitative estimate of drug-likeness (QED) is 0.480. The van der Waals surface area contributed by atoms with Crippen LogP contribution in [0.4, 0.5) is 0 Å². The second-order valence-corrected chi connectivity index (χ2v) is 4.04. The fourth-order valence-electron chi connectivity index (χ4n) is 1.88. The average molecular weight is 244 g/mol. The number of nitrogens with two attached hydrogens (primary N) is 1. The highest BCUT2D eigenvalue weighted by Gasteiger charge is 2.17. The standard InChI is InChI=1S/C10H20N4O3/c1-9(15)14-5-2-4-13(7-8-14)6-3-10(16)17-12-11/h12H,2-8,11H2,1H3. The molecule has 7 heteroatoms. The van der Waals surface area contributed by atoms with E-state index in [2.05, 4.69) is 9.74 Å². The van der Waals surface area contributed by atoms with Crippen molar-refractivity contribution in [2.45, 2.75) is 19.8 Å². The lowest BCUT2D eigenvalue weighted by atomic mass is 10.3. The van der Waals surface area contributed by atoms with Gasteiger partial charge in [0.15, 0.2) is 0 Å². The normalized spacial score (nSPS) is 17.6. The highest BCUT2D eigenvalue weighted by molar-refractivity contribution is 5.73. The third kappa shape index (κ3) is 5.12. The number of carbonyl (C=O) groups excluding carboxylic acids is 2. The van der Waals surface area contributed by atoms with Crippen LogP contribution in [-0.2, 0) is 14.4 Å². The largest absolute Gasteiger partial charge is 0.356 e. The van der Waals surface area contributed by atoms with Gasteiger partial charge in [-0.25, -0.2) is 5.84 Å². The molecule has 1 saturated heterocycles. The first-order valence-corrected chi connectivity index (χ1v) is 5.76. The Morgan fingerprint density at radius 1 is 1.29 bits per heavy atom. The van der Waals surface area contributed by atoms with Gasteiger partial charge in [0.1, 0.15) is 0 Å². The van der Waals surface area contributed by atoms with Crippen LogP contribution in [0.3, 0.4) is 0 Å². The molecule has 1 amide bonds. The first-order chi connectivity index (χ1) is 8.13. The van der Waals surface area contributed by atoms with Crippen LogP contribution in [0.15, 0.2) is 0 Å². The van der Waals surface area contributed by atoms with Gasteiger partial charge in [-0.05, 0) is 13.0 Å². The fraction of sp³-hybridized carbons (Fsp3) is 0.800. The molecule has 0 aromatic carbocycles. The Morgan fingerprint density at radius 2 is 2.06 bits per heavy atom. The Hall–Kier alpha value is -1.18. The fourth-order valence-corrected chi connectivity index (χ4v) is 1.88. The molecule has 0 bridgehead atoms. The number of rotatable bonds is 4. The minimum atomic E-state index is -0.375. The topological polar surface area (TPSA) is 87.9 Å². The van der Waals surface area contributed by atoms with E-state index in [0.717, 1.165) is 32.6 Å². The van der Waals surface area contributed by atoms with Gasteiger partial charge in [-0.1, -0.05) is 5.59 Å². The maximum atomic E-state index is 11.2. The number of amides is 1. The molecule has 0 aliphatic carbocycles. The molecule has 98 valence electrons.